The minimum atomic E-state index is -0.301. The minimum absolute atomic E-state index is 0.0220. The molecule has 0 spiro atoms. The highest BCUT2D eigenvalue weighted by Gasteiger charge is 2.19. The first-order valence-electron chi connectivity index (χ1n) is 5.27. The minimum Gasteiger partial charge on any atom is -0.354 e. The Morgan fingerprint density at radius 2 is 2.31 bits per heavy atom. The van der Waals surface area contributed by atoms with Crippen LogP contribution < -0.4 is 11.1 Å². The molecule has 0 saturated heterocycles. The number of rotatable bonds is 5. The van der Waals surface area contributed by atoms with Gasteiger partial charge >= 0.3 is 0 Å². The lowest BCUT2D eigenvalue weighted by Gasteiger charge is -2.26. The van der Waals surface area contributed by atoms with Crippen LogP contribution in [0.4, 0.5) is 0 Å². The molecule has 13 heavy (non-hydrogen) atoms. The SMILES string of the molecule is CCC[C@H](N)C(=O)NCC1CCC1. The van der Waals surface area contributed by atoms with E-state index in [1.54, 1.807) is 0 Å². The van der Waals surface area contributed by atoms with Crippen molar-refractivity contribution < 1.29 is 4.79 Å². The van der Waals surface area contributed by atoms with Gasteiger partial charge in [-0.1, -0.05) is 19.8 Å². The van der Waals surface area contributed by atoms with E-state index in [0.29, 0.717) is 0 Å². The second-order valence-electron chi connectivity index (χ2n) is 3.94. The fraction of sp³-hybridized carbons (Fsp3) is 0.900. The zero-order valence-corrected chi connectivity index (χ0v) is 8.38. The Morgan fingerprint density at radius 1 is 1.62 bits per heavy atom. The molecule has 1 saturated carbocycles. The molecule has 0 aromatic carbocycles. The topological polar surface area (TPSA) is 55.1 Å². The van der Waals surface area contributed by atoms with E-state index in [1.807, 2.05) is 6.92 Å². The Labute approximate surface area is 80.1 Å². The maximum absolute atomic E-state index is 11.3. The average Bonchev–Trinajstić information content (AvgIpc) is 2.01. The third kappa shape index (κ3) is 3.35. The van der Waals surface area contributed by atoms with Crippen molar-refractivity contribution in [2.24, 2.45) is 11.7 Å². The van der Waals surface area contributed by atoms with E-state index in [1.165, 1.54) is 19.3 Å². The van der Waals surface area contributed by atoms with E-state index in [-0.39, 0.29) is 11.9 Å². The van der Waals surface area contributed by atoms with E-state index in [9.17, 15) is 4.79 Å². The van der Waals surface area contributed by atoms with Gasteiger partial charge in [-0.05, 0) is 25.2 Å². The predicted molar refractivity (Wildman–Crippen MR) is 53.2 cm³/mol. The van der Waals surface area contributed by atoms with Gasteiger partial charge < -0.3 is 11.1 Å². The molecule has 1 amide bonds. The van der Waals surface area contributed by atoms with Crippen molar-refractivity contribution in [2.75, 3.05) is 6.54 Å². The third-order valence-corrected chi connectivity index (χ3v) is 2.73. The quantitative estimate of drug-likeness (QED) is 0.670. The zero-order valence-electron chi connectivity index (χ0n) is 8.38. The van der Waals surface area contributed by atoms with Crippen molar-refractivity contribution in [2.45, 2.75) is 45.1 Å². The zero-order chi connectivity index (χ0) is 9.68. The first-order chi connectivity index (χ1) is 6.24. The second-order valence-corrected chi connectivity index (χ2v) is 3.94. The molecule has 3 N–H and O–H groups in total. The van der Waals surface area contributed by atoms with Gasteiger partial charge in [0, 0.05) is 6.54 Å². The number of amides is 1. The first-order valence-corrected chi connectivity index (χ1v) is 5.27. The Balaban J connectivity index is 2.08. The van der Waals surface area contributed by atoms with Gasteiger partial charge in [-0.2, -0.15) is 0 Å². The molecule has 3 nitrogen and oxygen atoms in total. The van der Waals surface area contributed by atoms with Gasteiger partial charge in [-0.3, -0.25) is 4.79 Å². The highest BCUT2D eigenvalue weighted by Crippen LogP contribution is 2.25. The summed E-state index contributed by atoms with van der Waals surface area (Å²) < 4.78 is 0. The number of carbonyl (C=O) groups is 1. The third-order valence-electron chi connectivity index (χ3n) is 2.73. The molecule has 1 aliphatic rings. The molecule has 3 heteroatoms. The average molecular weight is 184 g/mol. The van der Waals surface area contributed by atoms with E-state index >= 15 is 0 Å². The monoisotopic (exact) mass is 184 g/mol. The normalized spacial score (nSPS) is 19.2. The Kier molecular flexibility index (Phi) is 4.22. The molecular formula is C10H20N2O. The molecular weight excluding hydrogens is 164 g/mol. The lowest BCUT2D eigenvalue weighted by molar-refractivity contribution is -0.122. The van der Waals surface area contributed by atoms with Crippen LogP contribution in [0.5, 0.6) is 0 Å². The lowest BCUT2D eigenvalue weighted by Crippen LogP contribution is -2.43. The van der Waals surface area contributed by atoms with Crippen LogP contribution in [0.15, 0.2) is 0 Å². The fourth-order valence-electron chi connectivity index (χ4n) is 1.52. The van der Waals surface area contributed by atoms with Crippen LogP contribution in [-0.2, 0) is 4.79 Å². The van der Waals surface area contributed by atoms with Gasteiger partial charge in [0.2, 0.25) is 5.91 Å². The number of hydrogen-bond donors (Lipinski definition) is 2. The summed E-state index contributed by atoms with van der Waals surface area (Å²) in [5, 5.41) is 2.91. The summed E-state index contributed by atoms with van der Waals surface area (Å²) in [6.45, 7) is 2.87. The summed E-state index contributed by atoms with van der Waals surface area (Å²) in [4.78, 5) is 11.3. The van der Waals surface area contributed by atoms with Gasteiger partial charge in [0.25, 0.3) is 0 Å². The van der Waals surface area contributed by atoms with E-state index in [2.05, 4.69) is 5.32 Å². The summed E-state index contributed by atoms with van der Waals surface area (Å²) in [5.74, 6) is 0.742. The largest absolute Gasteiger partial charge is 0.354 e. The van der Waals surface area contributed by atoms with Crippen molar-refractivity contribution in [3.05, 3.63) is 0 Å². The highest BCUT2D eigenvalue weighted by atomic mass is 16.2. The Hall–Kier alpha value is -0.570. The van der Waals surface area contributed by atoms with Gasteiger partial charge in [-0.15, -0.1) is 0 Å². The molecule has 1 fully saturated rings. The van der Waals surface area contributed by atoms with Gasteiger partial charge in [0.1, 0.15) is 0 Å². The van der Waals surface area contributed by atoms with E-state index in [0.717, 1.165) is 25.3 Å². The van der Waals surface area contributed by atoms with Crippen LogP contribution in [0, 0.1) is 5.92 Å². The summed E-state index contributed by atoms with van der Waals surface area (Å²) in [7, 11) is 0. The first kappa shape index (κ1) is 10.5. The molecule has 0 aliphatic heterocycles. The second kappa shape index (κ2) is 5.22. The number of nitrogens with two attached hydrogens (primary N) is 1. The van der Waals surface area contributed by atoms with Crippen molar-refractivity contribution >= 4 is 5.91 Å². The highest BCUT2D eigenvalue weighted by molar-refractivity contribution is 5.81. The van der Waals surface area contributed by atoms with Crippen LogP contribution in [0.1, 0.15) is 39.0 Å². The number of carbonyl (C=O) groups excluding carboxylic acids is 1. The summed E-state index contributed by atoms with van der Waals surface area (Å²) >= 11 is 0. The van der Waals surface area contributed by atoms with Crippen LogP contribution in [0.3, 0.4) is 0 Å². The van der Waals surface area contributed by atoms with Crippen LogP contribution in [0.25, 0.3) is 0 Å². The summed E-state index contributed by atoms with van der Waals surface area (Å²) in [5.41, 5.74) is 5.66. The van der Waals surface area contributed by atoms with Crippen LogP contribution in [-0.4, -0.2) is 18.5 Å². The smallest absolute Gasteiger partial charge is 0.236 e. The predicted octanol–water partition coefficient (Wildman–Crippen LogP) is 1.03. The number of hydrogen-bond acceptors (Lipinski definition) is 2. The molecule has 0 aromatic rings. The molecule has 1 atom stereocenters. The number of nitrogens with one attached hydrogen (secondary N) is 1. The molecule has 0 aromatic heterocycles. The molecule has 0 bridgehead atoms. The van der Waals surface area contributed by atoms with Crippen molar-refractivity contribution in [1.29, 1.82) is 0 Å². The van der Waals surface area contributed by atoms with E-state index in [4.69, 9.17) is 5.73 Å². The van der Waals surface area contributed by atoms with Gasteiger partial charge in [0.05, 0.1) is 6.04 Å². The molecule has 0 heterocycles. The maximum Gasteiger partial charge on any atom is 0.236 e. The van der Waals surface area contributed by atoms with Crippen molar-refractivity contribution in [3.63, 3.8) is 0 Å². The van der Waals surface area contributed by atoms with Crippen molar-refractivity contribution in [3.8, 4) is 0 Å². The molecule has 0 unspecified atom stereocenters. The van der Waals surface area contributed by atoms with Gasteiger partial charge in [-0.25, -0.2) is 0 Å². The molecule has 0 radical (unpaired) electrons. The van der Waals surface area contributed by atoms with E-state index < -0.39 is 0 Å². The standard InChI is InChI=1S/C10H20N2O/c1-2-4-9(11)10(13)12-7-8-5-3-6-8/h8-9H,2-7,11H2,1H3,(H,12,13)/t9-/m0/s1. The van der Waals surface area contributed by atoms with Crippen LogP contribution in [0.2, 0.25) is 0 Å². The van der Waals surface area contributed by atoms with Gasteiger partial charge in [0.15, 0.2) is 0 Å². The molecule has 76 valence electrons. The maximum atomic E-state index is 11.3. The fourth-order valence-corrected chi connectivity index (χ4v) is 1.52. The van der Waals surface area contributed by atoms with Crippen LogP contribution >= 0.6 is 0 Å². The molecule has 1 rings (SSSR count). The lowest BCUT2D eigenvalue weighted by atomic mass is 9.85. The van der Waals surface area contributed by atoms with Crippen molar-refractivity contribution in [1.82, 2.24) is 5.32 Å². The summed E-state index contributed by atoms with van der Waals surface area (Å²) in [6, 6.07) is -0.301. The Morgan fingerprint density at radius 3 is 2.77 bits per heavy atom. The molecule has 1 aliphatic carbocycles. The summed E-state index contributed by atoms with van der Waals surface area (Å²) in [6.07, 6.45) is 5.61. The Bertz CT molecular complexity index is 166.